The molecule has 0 spiro atoms. The van der Waals surface area contributed by atoms with E-state index in [1.807, 2.05) is 0 Å². The highest BCUT2D eigenvalue weighted by atomic mass is 32.2. The van der Waals surface area contributed by atoms with Crippen LogP contribution in [0, 0.1) is 0 Å². The molecule has 0 amide bonds. The van der Waals surface area contributed by atoms with Gasteiger partial charge in [0.05, 0.1) is 12.7 Å². The summed E-state index contributed by atoms with van der Waals surface area (Å²) >= 11 is 0.869. The molecule has 0 fully saturated rings. The molecular formula is C14H15NO5S2. The normalized spacial score (nSPS) is 12.8. The number of nitrogens with one attached hydrogen (secondary N) is 1. The van der Waals surface area contributed by atoms with Crippen molar-refractivity contribution in [1.29, 1.82) is 0 Å². The maximum atomic E-state index is 12.3. The van der Waals surface area contributed by atoms with Gasteiger partial charge in [0, 0.05) is 17.0 Å². The predicted molar refractivity (Wildman–Crippen MR) is 83.0 cm³/mol. The summed E-state index contributed by atoms with van der Waals surface area (Å²) in [5.74, 6) is -0.578. The lowest BCUT2D eigenvalue weighted by Gasteiger charge is -2.16. The minimum Gasteiger partial charge on any atom is -0.496 e. The molecule has 22 heavy (non-hydrogen) atoms. The van der Waals surface area contributed by atoms with E-state index >= 15 is 0 Å². The quantitative estimate of drug-likeness (QED) is 0.842. The Hall–Kier alpha value is -1.90. The molecule has 1 aromatic carbocycles. The van der Waals surface area contributed by atoms with Crippen molar-refractivity contribution in [3.63, 3.8) is 0 Å². The molecule has 0 bridgehead atoms. The fourth-order valence-electron chi connectivity index (χ4n) is 1.95. The molecule has 0 aliphatic rings. The van der Waals surface area contributed by atoms with Crippen LogP contribution in [0.1, 0.15) is 28.9 Å². The Kier molecular flexibility index (Phi) is 4.84. The van der Waals surface area contributed by atoms with Crippen LogP contribution in [-0.4, -0.2) is 26.6 Å². The fraction of sp³-hybridized carbons (Fsp3) is 0.214. The molecule has 1 atom stereocenters. The molecule has 2 rings (SSSR count). The minimum absolute atomic E-state index is 0.0355. The average Bonchev–Trinajstić information content (AvgIpc) is 2.97. The van der Waals surface area contributed by atoms with Gasteiger partial charge < -0.3 is 9.84 Å². The molecule has 0 saturated carbocycles. The van der Waals surface area contributed by atoms with Crippen molar-refractivity contribution >= 4 is 27.3 Å². The first kappa shape index (κ1) is 16.5. The molecule has 0 aliphatic carbocycles. The summed E-state index contributed by atoms with van der Waals surface area (Å²) in [7, 11) is -2.28. The molecule has 0 radical (unpaired) electrons. The van der Waals surface area contributed by atoms with Crippen molar-refractivity contribution in [3.05, 3.63) is 46.8 Å². The smallest absolute Gasteiger partial charge is 0.336 e. The summed E-state index contributed by atoms with van der Waals surface area (Å²) in [6, 6.07) is 7.72. The van der Waals surface area contributed by atoms with Gasteiger partial charge in [-0.15, -0.1) is 11.3 Å². The Bertz CT molecular complexity index is 782. The van der Waals surface area contributed by atoms with Gasteiger partial charge in [-0.1, -0.05) is 18.2 Å². The topological polar surface area (TPSA) is 92.7 Å². The molecule has 0 aliphatic heterocycles. The van der Waals surface area contributed by atoms with E-state index in [1.54, 1.807) is 31.2 Å². The number of benzene rings is 1. The third kappa shape index (κ3) is 3.46. The van der Waals surface area contributed by atoms with Crippen LogP contribution in [0.4, 0.5) is 0 Å². The van der Waals surface area contributed by atoms with Crippen molar-refractivity contribution < 1.29 is 23.1 Å². The molecule has 2 aromatic rings. The second-order valence-electron chi connectivity index (χ2n) is 4.54. The summed E-state index contributed by atoms with van der Waals surface area (Å²) in [6.07, 6.45) is 0. The first-order valence-electron chi connectivity index (χ1n) is 6.32. The number of sulfonamides is 1. The zero-order valence-corrected chi connectivity index (χ0v) is 13.6. The number of rotatable bonds is 6. The lowest BCUT2D eigenvalue weighted by atomic mass is 10.1. The number of hydrogen-bond acceptors (Lipinski definition) is 5. The lowest BCUT2D eigenvalue weighted by Crippen LogP contribution is -2.26. The SMILES string of the molecule is COc1ccccc1C(C)NS(=O)(=O)c1cc(C(=O)O)cs1. The van der Waals surface area contributed by atoms with Crippen molar-refractivity contribution in [2.45, 2.75) is 17.2 Å². The molecule has 118 valence electrons. The van der Waals surface area contributed by atoms with Crippen LogP contribution in [0.15, 0.2) is 39.9 Å². The average molecular weight is 341 g/mol. The van der Waals surface area contributed by atoms with E-state index in [4.69, 9.17) is 9.84 Å². The van der Waals surface area contributed by atoms with Gasteiger partial charge in [-0.05, 0) is 19.1 Å². The molecule has 1 aromatic heterocycles. The molecular weight excluding hydrogens is 326 g/mol. The molecule has 1 unspecified atom stereocenters. The van der Waals surface area contributed by atoms with E-state index in [2.05, 4.69) is 4.72 Å². The summed E-state index contributed by atoms with van der Waals surface area (Å²) in [4.78, 5) is 10.8. The largest absolute Gasteiger partial charge is 0.496 e. The van der Waals surface area contributed by atoms with Crippen molar-refractivity contribution in [1.82, 2.24) is 4.72 Å². The number of thiophene rings is 1. The summed E-state index contributed by atoms with van der Waals surface area (Å²) in [6.45, 7) is 1.70. The second-order valence-corrected chi connectivity index (χ2v) is 7.40. The van der Waals surface area contributed by atoms with E-state index in [0.29, 0.717) is 11.3 Å². The van der Waals surface area contributed by atoms with Gasteiger partial charge in [0.15, 0.2) is 0 Å². The fourth-order valence-corrected chi connectivity index (χ4v) is 4.34. The molecule has 8 heteroatoms. The van der Waals surface area contributed by atoms with Crippen molar-refractivity contribution in [2.75, 3.05) is 7.11 Å². The number of para-hydroxylation sites is 1. The van der Waals surface area contributed by atoms with Gasteiger partial charge in [-0.25, -0.2) is 17.9 Å². The summed E-state index contributed by atoms with van der Waals surface area (Å²) in [5.41, 5.74) is 0.652. The second kappa shape index (κ2) is 6.47. The zero-order chi connectivity index (χ0) is 16.3. The number of hydrogen-bond donors (Lipinski definition) is 2. The van der Waals surface area contributed by atoms with E-state index in [9.17, 15) is 13.2 Å². The standard InChI is InChI=1S/C14H15NO5S2/c1-9(11-5-3-4-6-12(11)20-2)15-22(18,19)13-7-10(8-21-13)14(16)17/h3-9,15H,1-2H3,(H,16,17). The van der Waals surface area contributed by atoms with E-state index < -0.39 is 22.0 Å². The third-order valence-corrected chi connectivity index (χ3v) is 6.00. The predicted octanol–water partition coefficient (Wildman–Crippen LogP) is 2.49. The highest BCUT2D eigenvalue weighted by molar-refractivity contribution is 7.91. The van der Waals surface area contributed by atoms with Crippen molar-refractivity contribution in [3.8, 4) is 5.75 Å². The Morgan fingerprint density at radius 1 is 1.36 bits per heavy atom. The number of carboxylic acids is 1. The molecule has 1 heterocycles. The van der Waals surface area contributed by atoms with Crippen LogP contribution in [0.5, 0.6) is 5.75 Å². The first-order valence-corrected chi connectivity index (χ1v) is 8.68. The molecule has 0 saturated heterocycles. The minimum atomic E-state index is -3.80. The zero-order valence-electron chi connectivity index (χ0n) is 11.9. The molecule has 2 N–H and O–H groups in total. The van der Waals surface area contributed by atoms with Gasteiger partial charge >= 0.3 is 5.97 Å². The van der Waals surface area contributed by atoms with Crippen molar-refractivity contribution in [2.24, 2.45) is 0 Å². The summed E-state index contributed by atoms with van der Waals surface area (Å²) < 4.78 is 32.3. The lowest BCUT2D eigenvalue weighted by molar-refractivity contribution is 0.0697. The van der Waals surface area contributed by atoms with Crippen LogP contribution in [0.25, 0.3) is 0 Å². The summed E-state index contributed by atoms with van der Waals surface area (Å²) in [5, 5.41) is 10.2. The number of methoxy groups -OCH3 is 1. The number of aromatic carboxylic acids is 1. The Balaban J connectivity index is 2.25. The van der Waals surface area contributed by atoms with Crippen LogP contribution in [0.2, 0.25) is 0 Å². The van der Waals surface area contributed by atoms with Crippen LogP contribution in [0.3, 0.4) is 0 Å². The van der Waals surface area contributed by atoms with Gasteiger partial charge in [0.2, 0.25) is 0 Å². The van der Waals surface area contributed by atoms with Crippen LogP contribution >= 0.6 is 11.3 Å². The first-order chi connectivity index (χ1) is 10.3. The maximum absolute atomic E-state index is 12.3. The van der Waals surface area contributed by atoms with Gasteiger partial charge in [-0.2, -0.15) is 0 Å². The Morgan fingerprint density at radius 3 is 2.64 bits per heavy atom. The maximum Gasteiger partial charge on any atom is 0.336 e. The Labute approximate surface area is 132 Å². The number of carbonyl (C=O) groups is 1. The van der Waals surface area contributed by atoms with E-state index in [-0.39, 0.29) is 9.77 Å². The third-order valence-electron chi connectivity index (χ3n) is 3.02. The number of ether oxygens (including phenoxy) is 1. The molecule has 6 nitrogen and oxygen atoms in total. The number of carboxylic acid groups (broad SMARTS) is 1. The highest BCUT2D eigenvalue weighted by Crippen LogP contribution is 2.27. The monoisotopic (exact) mass is 341 g/mol. The van der Waals surface area contributed by atoms with E-state index in [1.165, 1.54) is 12.5 Å². The Morgan fingerprint density at radius 2 is 2.05 bits per heavy atom. The van der Waals surface area contributed by atoms with E-state index in [0.717, 1.165) is 17.4 Å². The van der Waals surface area contributed by atoms with Crippen LogP contribution < -0.4 is 9.46 Å². The van der Waals surface area contributed by atoms with Gasteiger partial charge in [0.25, 0.3) is 10.0 Å². The van der Waals surface area contributed by atoms with Gasteiger partial charge in [0.1, 0.15) is 9.96 Å². The highest BCUT2D eigenvalue weighted by Gasteiger charge is 2.23. The van der Waals surface area contributed by atoms with Gasteiger partial charge in [-0.3, -0.25) is 0 Å². The van der Waals surface area contributed by atoms with Crippen LogP contribution in [-0.2, 0) is 10.0 Å².